The molecule has 1 fully saturated rings. The average molecular weight is 440 g/mol. The molecule has 2 N–H and O–H groups in total. The van der Waals surface area contributed by atoms with Gasteiger partial charge in [0.2, 0.25) is 5.91 Å². The molecule has 0 aliphatic carbocycles. The normalized spacial score (nSPS) is 17.1. The molecule has 2 aliphatic rings. The summed E-state index contributed by atoms with van der Waals surface area (Å²) >= 11 is 0. The van der Waals surface area contributed by atoms with Gasteiger partial charge in [0.25, 0.3) is 5.91 Å². The zero-order chi connectivity index (χ0) is 22.7. The van der Waals surface area contributed by atoms with Crippen LogP contribution >= 0.6 is 0 Å². The second-order valence-electron chi connectivity index (χ2n) is 8.77. The third kappa shape index (κ3) is 4.93. The number of aryl methyl sites for hydroxylation is 2. The second kappa shape index (κ2) is 9.28. The Kier molecular flexibility index (Phi) is 6.46. The molecule has 0 bridgehead atoms. The average Bonchev–Trinajstić information content (AvgIpc) is 3.16. The number of anilines is 1. The third-order valence-corrected chi connectivity index (χ3v) is 6.42. The first-order valence-electron chi connectivity index (χ1n) is 11.2. The lowest BCUT2D eigenvalue weighted by atomic mass is 9.92. The van der Waals surface area contributed by atoms with Gasteiger partial charge in [-0.1, -0.05) is 12.1 Å². The summed E-state index contributed by atoms with van der Waals surface area (Å²) in [5.41, 5.74) is 3.25. The summed E-state index contributed by atoms with van der Waals surface area (Å²) < 4.78 is 21.0. The number of likely N-dealkylation sites (tertiary alicyclic amines) is 1. The molecular formula is C25H30FN3O3. The summed E-state index contributed by atoms with van der Waals surface area (Å²) in [6, 6.07) is 11.3. The topological polar surface area (TPSA) is 70.7 Å². The van der Waals surface area contributed by atoms with Gasteiger partial charge in [-0.3, -0.25) is 9.59 Å². The summed E-state index contributed by atoms with van der Waals surface area (Å²) in [6.07, 6.45) is 0.957. The molecule has 2 heterocycles. The lowest BCUT2D eigenvalue weighted by Gasteiger charge is -2.36. The van der Waals surface area contributed by atoms with Gasteiger partial charge < -0.3 is 20.3 Å². The van der Waals surface area contributed by atoms with Crippen molar-refractivity contribution in [2.24, 2.45) is 0 Å². The number of rotatable bonds is 7. The lowest BCUT2D eigenvalue weighted by molar-refractivity contribution is -0.115. The molecular weight excluding hydrogens is 409 g/mol. The van der Waals surface area contributed by atoms with Crippen LogP contribution in [0.25, 0.3) is 0 Å². The Morgan fingerprint density at radius 3 is 2.72 bits per heavy atom. The van der Waals surface area contributed by atoms with E-state index in [9.17, 15) is 9.59 Å². The standard InChI is InChI=1S/C25H30FN3O3/c1-17-6-7-19(14-18(17)2)24(31)29-11-8-25(26,9-12-29)16-27-10-13-32-22-5-3-4-21-20(22)15-23(30)28-21/h3-7,14,27H,8-13,15-16H2,1-2H3,(H,28,30). The highest BCUT2D eigenvalue weighted by Crippen LogP contribution is 2.31. The number of ether oxygens (including phenoxy) is 1. The van der Waals surface area contributed by atoms with Gasteiger partial charge in [-0.2, -0.15) is 0 Å². The second-order valence-corrected chi connectivity index (χ2v) is 8.77. The number of amides is 2. The van der Waals surface area contributed by atoms with Crippen molar-refractivity contribution >= 4 is 17.5 Å². The molecule has 2 aromatic rings. The van der Waals surface area contributed by atoms with Crippen molar-refractivity contribution in [3.8, 4) is 5.75 Å². The number of piperidine rings is 1. The summed E-state index contributed by atoms with van der Waals surface area (Å²) in [7, 11) is 0. The number of fused-ring (bicyclic) bond motifs is 1. The molecule has 0 radical (unpaired) electrons. The Morgan fingerprint density at radius 2 is 1.97 bits per heavy atom. The Hall–Kier alpha value is -2.93. The number of nitrogens with zero attached hydrogens (tertiary/aromatic N) is 1. The fraction of sp³-hybridized carbons (Fsp3) is 0.440. The van der Waals surface area contributed by atoms with Gasteiger partial charge in [-0.15, -0.1) is 0 Å². The maximum absolute atomic E-state index is 15.2. The first-order chi connectivity index (χ1) is 15.3. The lowest BCUT2D eigenvalue weighted by Crippen LogP contribution is -2.49. The number of halogens is 1. The van der Waals surface area contributed by atoms with Crippen LogP contribution in [0.1, 0.15) is 39.9 Å². The van der Waals surface area contributed by atoms with E-state index in [0.29, 0.717) is 56.8 Å². The highest BCUT2D eigenvalue weighted by molar-refractivity contribution is 6.00. The smallest absolute Gasteiger partial charge is 0.253 e. The predicted octanol–water partition coefficient (Wildman–Crippen LogP) is 3.41. The van der Waals surface area contributed by atoms with Gasteiger partial charge in [-0.05, 0) is 49.2 Å². The first kappa shape index (κ1) is 22.3. The van der Waals surface area contributed by atoms with Gasteiger partial charge in [0, 0.05) is 55.8 Å². The minimum absolute atomic E-state index is 0.0279. The number of benzene rings is 2. The summed E-state index contributed by atoms with van der Waals surface area (Å²) in [5.74, 6) is 0.631. The number of hydrogen-bond donors (Lipinski definition) is 2. The summed E-state index contributed by atoms with van der Waals surface area (Å²) in [4.78, 5) is 26.1. The molecule has 6 nitrogen and oxygen atoms in total. The van der Waals surface area contributed by atoms with E-state index < -0.39 is 5.67 Å². The van der Waals surface area contributed by atoms with E-state index in [2.05, 4.69) is 10.6 Å². The van der Waals surface area contributed by atoms with Crippen molar-refractivity contribution in [1.29, 1.82) is 0 Å². The Balaban J connectivity index is 1.20. The van der Waals surface area contributed by atoms with Crippen molar-refractivity contribution < 1.29 is 18.7 Å². The van der Waals surface area contributed by atoms with Crippen LogP contribution in [0.3, 0.4) is 0 Å². The number of hydrogen-bond acceptors (Lipinski definition) is 4. The molecule has 2 amide bonds. The van der Waals surface area contributed by atoms with Gasteiger partial charge in [0.15, 0.2) is 0 Å². The monoisotopic (exact) mass is 439 g/mol. The van der Waals surface area contributed by atoms with E-state index in [1.165, 1.54) is 0 Å². The molecule has 4 rings (SSSR count). The molecule has 2 aromatic carbocycles. The molecule has 0 unspecified atom stereocenters. The van der Waals surface area contributed by atoms with E-state index in [4.69, 9.17) is 4.74 Å². The van der Waals surface area contributed by atoms with Crippen LogP contribution in [0.15, 0.2) is 36.4 Å². The first-order valence-corrected chi connectivity index (χ1v) is 11.2. The van der Waals surface area contributed by atoms with Crippen LogP contribution < -0.4 is 15.4 Å². The van der Waals surface area contributed by atoms with Gasteiger partial charge in [-0.25, -0.2) is 4.39 Å². The van der Waals surface area contributed by atoms with Crippen molar-refractivity contribution in [2.45, 2.75) is 38.8 Å². The van der Waals surface area contributed by atoms with E-state index >= 15 is 4.39 Å². The van der Waals surface area contributed by atoms with Crippen molar-refractivity contribution in [3.05, 3.63) is 58.7 Å². The largest absolute Gasteiger partial charge is 0.492 e. The van der Waals surface area contributed by atoms with Crippen LogP contribution in [-0.2, 0) is 11.2 Å². The Bertz CT molecular complexity index is 1020. The van der Waals surface area contributed by atoms with Gasteiger partial charge in [0.1, 0.15) is 18.0 Å². The fourth-order valence-corrected chi connectivity index (χ4v) is 4.25. The Morgan fingerprint density at radius 1 is 1.19 bits per heavy atom. The molecule has 170 valence electrons. The molecule has 7 heteroatoms. The zero-order valence-corrected chi connectivity index (χ0v) is 18.7. The Labute approximate surface area is 188 Å². The van der Waals surface area contributed by atoms with Crippen molar-refractivity contribution in [2.75, 3.05) is 38.1 Å². The van der Waals surface area contributed by atoms with Crippen molar-refractivity contribution in [1.82, 2.24) is 10.2 Å². The molecule has 0 aromatic heterocycles. The zero-order valence-electron chi connectivity index (χ0n) is 18.7. The maximum atomic E-state index is 15.2. The summed E-state index contributed by atoms with van der Waals surface area (Å²) in [5, 5.41) is 5.95. The van der Waals surface area contributed by atoms with E-state index in [1.807, 2.05) is 50.2 Å². The van der Waals surface area contributed by atoms with Crippen molar-refractivity contribution in [3.63, 3.8) is 0 Å². The maximum Gasteiger partial charge on any atom is 0.253 e. The molecule has 32 heavy (non-hydrogen) atoms. The summed E-state index contributed by atoms with van der Waals surface area (Å²) in [6.45, 7) is 5.96. The van der Waals surface area contributed by atoms with Crippen LogP contribution in [0.5, 0.6) is 5.75 Å². The molecule has 0 saturated carbocycles. The minimum Gasteiger partial charge on any atom is -0.492 e. The molecule has 1 saturated heterocycles. The minimum atomic E-state index is -1.33. The quantitative estimate of drug-likeness (QED) is 0.649. The van der Waals surface area contributed by atoms with Crippen LogP contribution in [-0.4, -0.2) is 55.2 Å². The molecule has 0 atom stereocenters. The number of carbonyl (C=O) groups is 2. The third-order valence-electron chi connectivity index (χ3n) is 6.42. The highest BCUT2D eigenvalue weighted by atomic mass is 19.1. The fourth-order valence-electron chi connectivity index (χ4n) is 4.25. The van der Waals surface area contributed by atoms with Crippen LogP contribution in [0, 0.1) is 13.8 Å². The SMILES string of the molecule is Cc1ccc(C(=O)N2CCC(F)(CNCCOc3cccc4c3CC(=O)N4)CC2)cc1C. The predicted molar refractivity (Wildman–Crippen MR) is 122 cm³/mol. The van der Waals surface area contributed by atoms with Crippen LogP contribution in [0.4, 0.5) is 10.1 Å². The number of alkyl halides is 1. The van der Waals surface area contributed by atoms with E-state index in [-0.39, 0.29) is 18.4 Å². The van der Waals surface area contributed by atoms with Crippen LogP contribution in [0.2, 0.25) is 0 Å². The van der Waals surface area contributed by atoms with E-state index in [1.54, 1.807) is 4.90 Å². The number of carbonyl (C=O) groups excluding carboxylic acids is 2. The van der Waals surface area contributed by atoms with Gasteiger partial charge in [0.05, 0.1) is 6.42 Å². The van der Waals surface area contributed by atoms with Gasteiger partial charge >= 0.3 is 0 Å². The molecule has 2 aliphatic heterocycles. The molecule has 0 spiro atoms. The van der Waals surface area contributed by atoms with E-state index in [0.717, 1.165) is 22.4 Å². The number of nitrogens with one attached hydrogen (secondary N) is 2. The highest BCUT2D eigenvalue weighted by Gasteiger charge is 2.35.